The number of nitrogens with zero attached hydrogens (tertiary/aromatic N) is 4. The van der Waals surface area contributed by atoms with E-state index in [4.69, 9.17) is 0 Å². The van der Waals surface area contributed by atoms with E-state index in [2.05, 4.69) is 26.0 Å². The molecule has 7 heteroatoms. The largest absolute Gasteiger partial charge is 0.337 e. The molecular weight excluding hydrogens is 340 g/mol. The molecule has 5 nitrogen and oxygen atoms in total. The average Bonchev–Trinajstić information content (AvgIpc) is 3.04. The van der Waals surface area contributed by atoms with E-state index in [1.807, 2.05) is 11.4 Å². The smallest absolute Gasteiger partial charge is 0.257 e. The summed E-state index contributed by atoms with van der Waals surface area (Å²) in [5.74, 6) is -0.0599. The van der Waals surface area contributed by atoms with E-state index in [1.165, 1.54) is 0 Å². The third-order valence-corrected chi connectivity index (χ3v) is 4.50. The van der Waals surface area contributed by atoms with Gasteiger partial charge in [0.05, 0.1) is 27.3 Å². The van der Waals surface area contributed by atoms with Gasteiger partial charge >= 0.3 is 0 Å². The van der Waals surface area contributed by atoms with Crippen molar-refractivity contribution < 1.29 is 4.79 Å². The van der Waals surface area contributed by atoms with Gasteiger partial charge in [-0.1, -0.05) is 0 Å². The molecule has 0 saturated carbocycles. The van der Waals surface area contributed by atoms with Gasteiger partial charge < -0.3 is 4.90 Å². The number of rotatable bonds is 3. The van der Waals surface area contributed by atoms with Gasteiger partial charge in [0, 0.05) is 26.0 Å². The molecule has 0 aliphatic rings. The van der Waals surface area contributed by atoms with Crippen molar-refractivity contribution in [1.82, 2.24) is 19.5 Å². The Balaban J connectivity index is 1.84. The quantitative estimate of drug-likeness (QED) is 0.729. The first-order valence-electron chi connectivity index (χ1n) is 5.91. The van der Waals surface area contributed by atoms with Crippen molar-refractivity contribution >= 4 is 38.7 Å². The molecule has 0 radical (unpaired) electrons. The second-order valence-corrected chi connectivity index (χ2v) is 6.68. The van der Waals surface area contributed by atoms with Crippen molar-refractivity contribution in [2.24, 2.45) is 0 Å². The van der Waals surface area contributed by atoms with Gasteiger partial charge in [0.2, 0.25) is 0 Å². The third kappa shape index (κ3) is 2.46. The van der Waals surface area contributed by atoms with Gasteiger partial charge in [-0.05, 0) is 32.9 Å². The minimum absolute atomic E-state index is 0.0599. The molecule has 3 heterocycles. The fourth-order valence-corrected chi connectivity index (χ4v) is 3.18. The van der Waals surface area contributed by atoms with E-state index in [1.54, 1.807) is 52.6 Å². The molecule has 3 rings (SSSR count). The minimum Gasteiger partial charge on any atom is -0.337 e. The monoisotopic (exact) mass is 350 g/mol. The van der Waals surface area contributed by atoms with E-state index in [0.717, 1.165) is 14.9 Å². The summed E-state index contributed by atoms with van der Waals surface area (Å²) >= 11 is 5.03. The van der Waals surface area contributed by atoms with E-state index < -0.39 is 0 Å². The topological polar surface area (TPSA) is 50.5 Å². The van der Waals surface area contributed by atoms with Gasteiger partial charge in [-0.15, -0.1) is 11.3 Å². The summed E-state index contributed by atoms with van der Waals surface area (Å²) in [6, 6.07) is 2.02. The Hall–Kier alpha value is -1.73. The molecule has 0 atom stereocenters. The van der Waals surface area contributed by atoms with Crippen molar-refractivity contribution in [2.45, 2.75) is 6.54 Å². The first-order chi connectivity index (χ1) is 9.65. The van der Waals surface area contributed by atoms with E-state index in [-0.39, 0.29) is 5.91 Å². The molecule has 0 aliphatic heterocycles. The standard InChI is InChI=1S/C13H11BrN4OS/c1-17(7-9-4-12(14)20-8-9)13(19)10-5-16-18-3-2-15-6-11(10)18/h2-6,8H,7H2,1H3. The highest BCUT2D eigenvalue weighted by molar-refractivity contribution is 9.11. The van der Waals surface area contributed by atoms with Crippen LogP contribution in [0.25, 0.3) is 5.52 Å². The summed E-state index contributed by atoms with van der Waals surface area (Å²) in [6.45, 7) is 0.568. The Morgan fingerprint density at radius 2 is 2.35 bits per heavy atom. The maximum absolute atomic E-state index is 12.5. The number of amides is 1. The highest BCUT2D eigenvalue weighted by atomic mass is 79.9. The fourth-order valence-electron chi connectivity index (χ4n) is 1.98. The van der Waals surface area contributed by atoms with Gasteiger partial charge in [-0.2, -0.15) is 5.10 Å². The van der Waals surface area contributed by atoms with E-state index in [9.17, 15) is 4.79 Å². The lowest BCUT2D eigenvalue weighted by atomic mass is 10.2. The van der Waals surface area contributed by atoms with E-state index in [0.29, 0.717) is 12.1 Å². The zero-order valence-electron chi connectivity index (χ0n) is 10.7. The Morgan fingerprint density at radius 3 is 3.10 bits per heavy atom. The maximum Gasteiger partial charge on any atom is 0.257 e. The summed E-state index contributed by atoms with van der Waals surface area (Å²) in [5.41, 5.74) is 2.39. The zero-order chi connectivity index (χ0) is 14.1. The Morgan fingerprint density at radius 1 is 1.50 bits per heavy atom. The molecule has 102 valence electrons. The van der Waals surface area contributed by atoms with Gasteiger partial charge in [-0.3, -0.25) is 9.78 Å². The van der Waals surface area contributed by atoms with Crippen molar-refractivity contribution in [3.05, 3.63) is 51.1 Å². The number of hydrogen-bond donors (Lipinski definition) is 0. The number of carbonyl (C=O) groups is 1. The van der Waals surface area contributed by atoms with Crippen LogP contribution in [0.15, 0.2) is 40.0 Å². The predicted molar refractivity (Wildman–Crippen MR) is 80.8 cm³/mol. The average molecular weight is 351 g/mol. The summed E-state index contributed by atoms with van der Waals surface area (Å²) in [4.78, 5) is 18.2. The summed E-state index contributed by atoms with van der Waals surface area (Å²) in [5, 5.41) is 6.19. The molecule has 3 aromatic rings. The van der Waals surface area contributed by atoms with Crippen LogP contribution in [0.1, 0.15) is 15.9 Å². The van der Waals surface area contributed by atoms with Crippen molar-refractivity contribution in [2.75, 3.05) is 7.05 Å². The van der Waals surface area contributed by atoms with Crippen LogP contribution in [-0.2, 0) is 6.54 Å². The summed E-state index contributed by atoms with van der Waals surface area (Å²) in [7, 11) is 1.79. The van der Waals surface area contributed by atoms with Crippen LogP contribution >= 0.6 is 27.3 Å². The number of fused-ring (bicyclic) bond motifs is 1. The first kappa shape index (κ1) is 13.3. The van der Waals surface area contributed by atoms with Crippen molar-refractivity contribution in [3.8, 4) is 0 Å². The van der Waals surface area contributed by atoms with E-state index >= 15 is 0 Å². The van der Waals surface area contributed by atoms with Crippen molar-refractivity contribution in [1.29, 1.82) is 0 Å². The minimum atomic E-state index is -0.0599. The molecule has 0 aliphatic carbocycles. The maximum atomic E-state index is 12.5. The molecule has 0 aromatic carbocycles. The fraction of sp³-hybridized carbons (Fsp3) is 0.154. The molecule has 0 unspecified atom stereocenters. The SMILES string of the molecule is CN(Cc1csc(Br)c1)C(=O)c1cnn2ccncc12. The zero-order valence-corrected chi connectivity index (χ0v) is 13.1. The molecular formula is C13H11BrN4OS. The number of halogens is 1. The summed E-state index contributed by atoms with van der Waals surface area (Å²) in [6.07, 6.45) is 6.59. The number of carbonyl (C=O) groups excluding carboxylic acids is 1. The lowest BCUT2D eigenvalue weighted by Gasteiger charge is -2.15. The van der Waals surface area contributed by atoms with Crippen LogP contribution in [0.3, 0.4) is 0 Å². The highest BCUT2D eigenvalue weighted by Crippen LogP contribution is 2.22. The van der Waals surface area contributed by atoms with Crippen LogP contribution in [0.4, 0.5) is 0 Å². The van der Waals surface area contributed by atoms with Gasteiger partial charge in [0.25, 0.3) is 5.91 Å². The molecule has 3 aromatic heterocycles. The van der Waals surface area contributed by atoms with Gasteiger partial charge in [-0.25, -0.2) is 4.52 Å². The van der Waals surface area contributed by atoms with Crippen LogP contribution in [0.5, 0.6) is 0 Å². The van der Waals surface area contributed by atoms with Crippen LogP contribution in [0, 0.1) is 0 Å². The van der Waals surface area contributed by atoms with Gasteiger partial charge in [0.15, 0.2) is 0 Å². The predicted octanol–water partition coefficient (Wildman–Crippen LogP) is 2.83. The molecule has 1 amide bonds. The molecule has 0 N–H and O–H groups in total. The Labute approximate surface area is 128 Å². The normalized spacial score (nSPS) is 10.9. The molecule has 20 heavy (non-hydrogen) atoms. The van der Waals surface area contributed by atoms with Crippen LogP contribution < -0.4 is 0 Å². The van der Waals surface area contributed by atoms with Crippen molar-refractivity contribution in [3.63, 3.8) is 0 Å². The number of hydrogen-bond acceptors (Lipinski definition) is 4. The lowest BCUT2D eigenvalue weighted by Crippen LogP contribution is -2.25. The Bertz CT molecular complexity index is 766. The second kappa shape index (κ2) is 5.34. The molecule has 0 fully saturated rings. The van der Waals surface area contributed by atoms with Gasteiger partial charge in [0.1, 0.15) is 0 Å². The number of aromatic nitrogens is 3. The molecule has 0 spiro atoms. The Kier molecular flexibility index (Phi) is 3.54. The van der Waals surface area contributed by atoms with Crippen LogP contribution in [0.2, 0.25) is 0 Å². The van der Waals surface area contributed by atoms with Crippen LogP contribution in [-0.4, -0.2) is 32.5 Å². The third-order valence-electron chi connectivity index (χ3n) is 2.94. The lowest BCUT2D eigenvalue weighted by molar-refractivity contribution is 0.0787. The first-order valence-corrected chi connectivity index (χ1v) is 7.58. The molecule has 0 bridgehead atoms. The summed E-state index contributed by atoms with van der Waals surface area (Å²) < 4.78 is 2.71. The molecule has 0 saturated heterocycles. The second-order valence-electron chi connectivity index (χ2n) is 4.38. The number of thiophene rings is 1. The highest BCUT2D eigenvalue weighted by Gasteiger charge is 2.17.